The van der Waals surface area contributed by atoms with Crippen molar-refractivity contribution < 1.29 is 13.2 Å². The molecule has 0 bridgehead atoms. The number of hydrogen-bond acceptors (Lipinski definition) is 4. The fourth-order valence-electron chi connectivity index (χ4n) is 1.84. The Bertz CT molecular complexity index is 571. The zero-order chi connectivity index (χ0) is 14.0. The monoisotopic (exact) mass is 304 g/mol. The molecule has 1 aromatic carbocycles. The van der Waals surface area contributed by atoms with E-state index < -0.39 is 10.0 Å². The molecule has 1 aliphatic carbocycles. The number of rotatable bonds is 6. The lowest BCUT2D eigenvalue weighted by Crippen LogP contribution is -2.21. The van der Waals surface area contributed by atoms with Gasteiger partial charge in [-0.2, -0.15) is 0 Å². The molecule has 2 rings (SSSR count). The SMILES string of the molecule is CNS(=O)(=O)c1cc(Cl)cc(CNC2CC2)c1OC. The molecule has 0 saturated heterocycles. The van der Waals surface area contributed by atoms with Gasteiger partial charge >= 0.3 is 0 Å². The largest absolute Gasteiger partial charge is 0.495 e. The van der Waals surface area contributed by atoms with E-state index >= 15 is 0 Å². The lowest BCUT2D eigenvalue weighted by atomic mass is 10.2. The van der Waals surface area contributed by atoms with Crippen LogP contribution in [0.3, 0.4) is 0 Å². The van der Waals surface area contributed by atoms with Gasteiger partial charge in [0, 0.05) is 23.2 Å². The molecule has 19 heavy (non-hydrogen) atoms. The summed E-state index contributed by atoms with van der Waals surface area (Å²) in [5.41, 5.74) is 0.746. The predicted molar refractivity (Wildman–Crippen MR) is 74.1 cm³/mol. The Balaban J connectivity index is 2.41. The third-order valence-electron chi connectivity index (χ3n) is 3.02. The standard InChI is InChI=1S/C12H17ClN2O3S/c1-14-19(16,17)11-6-9(13)5-8(12(11)18-2)7-15-10-3-4-10/h5-6,10,14-15H,3-4,7H2,1-2H3. The Morgan fingerprint density at radius 2 is 2.11 bits per heavy atom. The van der Waals surface area contributed by atoms with Gasteiger partial charge in [-0.1, -0.05) is 11.6 Å². The zero-order valence-electron chi connectivity index (χ0n) is 10.9. The molecule has 7 heteroatoms. The number of hydrogen-bond donors (Lipinski definition) is 2. The summed E-state index contributed by atoms with van der Waals surface area (Å²) in [6.45, 7) is 0.542. The molecule has 106 valence electrons. The molecule has 0 aliphatic heterocycles. The summed E-state index contributed by atoms with van der Waals surface area (Å²) in [6, 6.07) is 3.64. The summed E-state index contributed by atoms with van der Waals surface area (Å²) in [5, 5.41) is 3.69. The first-order chi connectivity index (χ1) is 8.97. The van der Waals surface area contributed by atoms with Crippen LogP contribution >= 0.6 is 11.6 Å². The third-order valence-corrected chi connectivity index (χ3v) is 4.66. The van der Waals surface area contributed by atoms with Crippen LogP contribution in [0.25, 0.3) is 0 Å². The van der Waals surface area contributed by atoms with Crippen molar-refractivity contribution in [1.29, 1.82) is 0 Å². The second-order valence-electron chi connectivity index (χ2n) is 4.46. The topological polar surface area (TPSA) is 67.4 Å². The molecule has 1 aromatic rings. The minimum absolute atomic E-state index is 0.0672. The Hall–Kier alpha value is -0.820. The van der Waals surface area contributed by atoms with Gasteiger partial charge in [-0.25, -0.2) is 13.1 Å². The smallest absolute Gasteiger partial charge is 0.244 e. The Kier molecular flexibility index (Phi) is 4.35. The molecule has 1 aliphatic rings. The van der Waals surface area contributed by atoms with Gasteiger partial charge in [0.25, 0.3) is 0 Å². The molecule has 0 aromatic heterocycles. The maximum Gasteiger partial charge on any atom is 0.244 e. The maximum absolute atomic E-state index is 12.0. The lowest BCUT2D eigenvalue weighted by Gasteiger charge is -2.14. The van der Waals surface area contributed by atoms with Crippen LogP contribution in [0.5, 0.6) is 5.75 Å². The molecule has 0 heterocycles. The zero-order valence-corrected chi connectivity index (χ0v) is 12.4. The number of ether oxygens (including phenoxy) is 1. The van der Waals surface area contributed by atoms with Crippen LogP contribution in [-0.2, 0) is 16.6 Å². The molecule has 1 saturated carbocycles. The van der Waals surface area contributed by atoms with Gasteiger partial charge in [0.2, 0.25) is 10.0 Å². The molecule has 0 spiro atoms. The minimum atomic E-state index is -3.60. The van der Waals surface area contributed by atoms with Crippen LogP contribution in [0.2, 0.25) is 5.02 Å². The summed E-state index contributed by atoms with van der Waals surface area (Å²) in [7, 11) is -0.780. The maximum atomic E-state index is 12.0. The number of halogens is 1. The molecular weight excluding hydrogens is 288 g/mol. The van der Waals surface area contributed by atoms with Crippen molar-refractivity contribution in [3.63, 3.8) is 0 Å². The predicted octanol–water partition coefficient (Wildman–Crippen LogP) is 1.51. The highest BCUT2D eigenvalue weighted by Gasteiger charge is 2.24. The van der Waals surface area contributed by atoms with Crippen molar-refractivity contribution in [1.82, 2.24) is 10.0 Å². The molecule has 0 amide bonds. The van der Waals surface area contributed by atoms with Crippen molar-refractivity contribution in [3.8, 4) is 5.75 Å². The first-order valence-electron chi connectivity index (χ1n) is 6.01. The van der Waals surface area contributed by atoms with Crippen molar-refractivity contribution in [2.45, 2.75) is 30.3 Å². The summed E-state index contributed by atoms with van der Waals surface area (Å²) in [6.07, 6.45) is 2.31. The number of benzene rings is 1. The summed E-state index contributed by atoms with van der Waals surface area (Å²) in [4.78, 5) is 0.0672. The quantitative estimate of drug-likeness (QED) is 0.836. The summed E-state index contributed by atoms with van der Waals surface area (Å²) in [5.74, 6) is 0.340. The van der Waals surface area contributed by atoms with Gasteiger partial charge in [0.05, 0.1) is 7.11 Å². The Labute approximate surface area is 118 Å². The third kappa shape index (κ3) is 3.39. The molecule has 0 unspecified atom stereocenters. The van der Waals surface area contributed by atoms with Crippen LogP contribution in [0, 0.1) is 0 Å². The number of sulfonamides is 1. The molecule has 5 nitrogen and oxygen atoms in total. The first-order valence-corrected chi connectivity index (χ1v) is 7.87. The van der Waals surface area contributed by atoms with Crippen molar-refractivity contribution in [2.75, 3.05) is 14.2 Å². The van der Waals surface area contributed by atoms with Gasteiger partial charge in [-0.3, -0.25) is 0 Å². The van der Waals surface area contributed by atoms with Crippen LogP contribution < -0.4 is 14.8 Å². The Morgan fingerprint density at radius 3 is 2.63 bits per heavy atom. The van der Waals surface area contributed by atoms with Gasteiger partial charge in [0.15, 0.2) is 0 Å². The number of methoxy groups -OCH3 is 1. The van der Waals surface area contributed by atoms with E-state index in [0.717, 1.165) is 18.4 Å². The fourth-order valence-corrected chi connectivity index (χ4v) is 3.10. The van der Waals surface area contributed by atoms with Crippen molar-refractivity contribution in [3.05, 3.63) is 22.7 Å². The Morgan fingerprint density at radius 1 is 1.42 bits per heavy atom. The lowest BCUT2D eigenvalue weighted by molar-refractivity contribution is 0.395. The van der Waals surface area contributed by atoms with Crippen LogP contribution in [0.1, 0.15) is 18.4 Å². The van der Waals surface area contributed by atoms with E-state index in [9.17, 15) is 8.42 Å². The number of nitrogens with one attached hydrogen (secondary N) is 2. The van der Waals surface area contributed by atoms with E-state index in [1.807, 2.05) is 0 Å². The van der Waals surface area contributed by atoms with Crippen LogP contribution in [-0.4, -0.2) is 28.6 Å². The van der Waals surface area contributed by atoms with Gasteiger partial charge in [-0.15, -0.1) is 0 Å². The first kappa shape index (κ1) is 14.6. The average Bonchev–Trinajstić information content (AvgIpc) is 3.19. The van der Waals surface area contributed by atoms with Crippen LogP contribution in [0.4, 0.5) is 0 Å². The van der Waals surface area contributed by atoms with E-state index in [1.165, 1.54) is 20.2 Å². The van der Waals surface area contributed by atoms with Gasteiger partial charge < -0.3 is 10.1 Å². The average molecular weight is 305 g/mol. The molecule has 0 atom stereocenters. The molecule has 2 N–H and O–H groups in total. The minimum Gasteiger partial charge on any atom is -0.495 e. The molecular formula is C12H17ClN2O3S. The second-order valence-corrected chi connectivity index (χ2v) is 6.75. The van der Waals surface area contributed by atoms with Gasteiger partial charge in [0.1, 0.15) is 10.6 Å². The van der Waals surface area contributed by atoms with E-state index in [4.69, 9.17) is 16.3 Å². The highest BCUT2D eigenvalue weighted by atomic mass is 35.5. The second kappa shape index (κ2) is 5.66. The fraction of sp³-hybridized carbons (Fsp3) is 0.500. The normalized spacial score (nSPS) is 15.5. The van der Waals surface area contributed by atoms with Crippen molar-refractivity contribution >= 4 is 21.6 Å². The molecule has 0 radical (unpaired) electrons. The van der Waals surface area contributed by atoms with Crippen LogP contribution in [0.15, 0.2) is 17.0 Å². The highest BCUT2D eigenvalue weighted by Crippen LogP contribution is 2.32. The van der Waals surface area contributed by atoms with E-state index in [1.54, 1.807) is 6.07 Å². The van der Waals surface area contributed by atoms with E-state index in [-0.39, 0.29) is 4.90 Å². The molecule has 1 fully saturated rings. The van der Waals surface area contributed by atoms with Gasteiger partial charge in [-0.05, 0) is 32.0 Å². The summed E-state index contributed by atoms with van der Waals surface area (Å²) < 4.78 is 31.5. The van der Waals surface area contributed by atoms with Crippen molar-refractivity contribution in [2.24, 2.45) is 0 Å². The summed E-state index contributed by atoms with van der Waals surface area (Å²) >= 11 is 6.00. The van der Waals surface area contributed by atoms with E-state index in [0.29, 0.717) is 23.4 Å². The highest BCUT2D eigenvalue weighted by molar-refractivity contribution is 7.89. The van der Waals surface area contributed by atoms with E-state index in [2.05, 4.69) is 10.0 Å².